The molecule has 98 valence electrons. The van der Waals surface area contributed by atoms with Gasteiger partial charge in [-0.2, -0.15) is 0 Å². The first-order valence-electron chi connectivity index (χ1n) is 5.77. The predicted octanol–water partition coefficient (Wildman–Crippen LogP) is 2.06. The number of benzene rings is 1. The van der Waals surface area contributed by atoms with Gasteiger partial charge in [0.2, 0.25) is 0 Å². The third-order valence-electron chi connectivity index (χ3n) is 3.18. The molecule has 0 bridgehead atoms. The summed E-state index contributed by atoms with van der Waals surface area (Å²) in [5.74, 6) is -0.181. The summed E-state index contributed by atoms with van der Waals surface area (Å²) < 4.78 is 28.3. The Labute approximate surface area is 107 Å². The summed E-state index contributed by atoms with van der Waals surface area (Å²) in [5.41, 5.74) is 1.92. The number of methoxy groups -OCH3 is 1. The molecule has 0 heterocycles. The number of hydrogen-bond acceptors (Lipinski definition) is 4. The molecule has 0 radical (unpaired) electrons. The lowest BCUT2D eigenvalue weighted by molar-refractivity contribution is 0.0599. The SMILES string of the molecule is COC(=O)c1cc(S(C)(=O)=O)c(C2CC2)cc1C. The highest BCUT2D eigenvalue weighted by molar-refractivity contribution is 7.90. The number of carbonyl (C=O) groups excluding carboxylic acids is 1. The molecule has 0 spiro atoms. The maximum atomic E-state index is 11.8. The Morgan fingerprint density at radius 2 is 1.94 bits per heavy atom. The monoisotopic (exact) mass is 268 g/mol. The highest BCUT2D eigenvalue weighted by atomic mass is 32.2. The highest BCUT2D eigenvalue weighted by Crippen LogP contribution is 2.43. The van der Waals surface area contributed by atoms with Crippen LogP contribution in [0.15, 0.2) is 17.0 Å². The van der Waals surface area contributed by atoms with Crippen molar-refractivity contribution in [3.05, 3.63) is 28.8 Å². The maximum Gasteiger partial charge on any atom is 0.338 e. The average molecular weight is 268 g/mol. The van der Waals surface area contributed by atoms with E-state index in [1.807, 2.05) is 0 Å². The molecule has 5 heteroatoms. The molecule has 4 nitrogen and oxygen atoms in total. The predicted molar refractivity (Wildman–Crippen MR) is 67.6 cm³/mol. The van der Waals surface area contributed by atoms with Gasteiger partial charge >= 0.3 is 5.97 Å². The first kappa shape index (κ1) is 13.1. The van der Waals surface area contributed by atoms with Crippen molar-refractivity contribution < 1.29 is 17.9 Å². The molecule has 1 aliphatic carbocycles. The van der Waals surface area contributed by atoms with Gasteiger partial charge < -0.3 is 4.74 Å². The minimum atomic E-state index is -3.33. The summed E-state index contributed by atoms with van der Waals surface area (Å²) in [4.78, 5) is 11.9. The van der Waals surface area contributed by atoms with E-state index in [4.69, 9.17) is 0 Å². The van der Waals surface area contributed by atoms with E-state index in [1.54, 1.807) is 13.0 Å². The molecular weight excluding hydrogens is 252 g/mol. The van der Waals surface area contributed by atoms with E-state index >= 15 is 0 Å². The van der Waals surface area contributed by atoms with Crippen LogP contribution in [0.25, 0.3) is 0 Å². The average Bonchev–Trinajstić information content (AvgIpc) is 3.09. The number of sulfone groups is 1. The third-order valence-corrected chi connectivity index (χ3v) is 4.33. The lowest BCUT2D eigenvalue weighted by Crippen LogP contribution is -2.09. The summed E-state index contributed by atoms with van der Waals surface area (Å²) in [5, 5.41) is 0. The summed E-state index contributed by atoms with van der Waals surface area (Å²) in [6.07, 6.45) is 3.20. The number of rotatable bonds is 3. The lowest BCUT2D eigenvalue weighted by Gasteiger charge is -2.12. The van der Waals surface area contributed by atoms with E-state index in [2.05, 4.69) is 4.74 Å². The Bertz CT molecular complexity index is 598. The Balaban J connectivity index is 2.64. The molecule has 1 aromatic rings. The fourth-order valence-electron chi connectivity index (χ4n) is 2.07. The molecule has 1 fully saturated rings. The van der Waals surface area contributed by atoms with Gasteiger partial charge in [0.1, 0.15) is 0 Å². The fraction of sp³-hybridized carbons (Fsp3) is 0.462. The van der Waals surface area contributed by atoms with Gasteiger partial charge in [0.15, 0.2) is 9.84 Å². The molecular formula is C13H16O4S. The van der Waals surface area contributed by atoms with Gasteiger partial charge in [-0.1, -0.05) is 6.07 Å². The Morgan fingerprint density at radius 3 is 2.39 bits per heavy atom. The van der Waals surface area contributed by atoms with Crippen molar-refractivity contribution >= 4 is 15.8 Å². The number of aryl methyl sites for hydroxylation is 1. The number of esters is 1. The van der Waals surface area contributed by atoms with Gasteiger partial charge in [-0.25, -0.2) is 13.2 Å². The second kappa shape index (κ2) is 4.39. The van der Waals surface area contributed by atoms with Crippen LogP contribution in [0, 0.1) is 6.92 Å². The van der Waals surface area contributed by atoms with E-state index in [0.29, 0.717) is 11.5 Å². The first-order valence-corrected chi connectivity index (χ1v) is 7.66. The number of ether oxygens (including phenoxy) is 1. The normalized spacial score (nSPS) is 15.5. The van der Waals surface area contributed by atoms with Crippen molar-refractivity contribution in [2.45, 2.75) is 30.6 Å². The van der Waals surface area contributed by atoms with Crippen LogP contribution in [0.5, 0.6) is 0 Å². The molecule has 1 aliphatic rings. The Morgan fingerprint density at radius 1 is 1.33 bits per heavy atom. The summed E-state index contributed by atoms with van der Waals surface area (Å²) in [6.45, 7) is 1.80. The van der Waals surface area contributed by atoms with Crippen molar-refractivity contribution in [2.75, 3.05) is 13.4 Å². The van der Waals surface area contributed by atoms with E-state index in [1.165, 1.54) is 19.4 Å². The van der Waals surface area contributed by atoms with Gasteiger partial charge in [-0.15, -0.1) is 0 Å². The van der Waals surface area contributed by atoms with Gasteiger partial charge in [-0.3, -0.25) is 0 Å². The van der Waals surface area contributed by atoms with Gasteiger partial charge in [0, 0.05) is 6.26 Å². The number of carbonyl (C=O) groups is 1. The van der Waals surface area contributed by atoms with E-state index in [0.717, 1.165) is 24.0 Å². The van der Waals surface area contributed by atoms with E-state index < -0.39 is 15.8 Å². The van der Waals surface area contributed by atoms with Gasteiger partial charge in [-0.05, 0) is 42.9 Å². The zero-order chi connectivity index (χ0) is 13.5. The van der Waals surface area contributed by atoms with Gasteiger partial charge in [0.05, 0.1) is 17.6 Å². The maximum absolute atomic E-state index is 11.8. The highest BCUT2D eigenvalue weighted by Gasteiger charge is 2.30. The van der Waals surface area contributed by atoms with E-state index in [-0.39, 0.29) is 4.90 Å². The second-order valence-electron chi connectivity index (χ2n) is 4.74. The zero-order valence-corrected chi connectivity index (χ0v) is 11.5. The number of hydrogen-bond donors (Lipinski definition) is 0. The molecule has 0 amide bonds. The topological polar surface area (TPSA) is 60.4 Å². The molecule has 0 atom stereocenters. The van der Waals surface area contributed by atoms with E-state index in [9.17, 15) is 13.2 Å². The minimum Gasteiger partial charge on any atom is -0.465 e. The van der Waals surface area contributed by atoms with Crippen LogP contribution in [-0.4, -0.2) is 27.8 Å². The molecule has 2 rings (SSSR count). The molecule has 0 aliphatic heterocycles. The molecule has 0 N–H and O–H groups in total. The van der Waals surface area contributed by atoms with Crippen molar-refractivity contribution in [3.8, 4) is 0 Å². The molecule has 1 saturated carbocycles. The second-order valence-corrected chi connectivity index (χ2v) is 6.73. The summed E-state index contributed by atoms with van der Waals surface area (Å²) in [6, 6.07) is 3.25. The third kappa shape index (κ3) is 2.41. The Hall–Kier alpha value is -1.36. The molecule has 1 aromatic carbocycles. The van der Waals surface area contributed by atoms with Crippen molar-refractivity contribution in [2.24, 2.45) is 0 Å². The van der Waals surface area contributed by atoms with Crippen LogP contribution in [0.1, 0.15) is 40.2 Å². The van der Waals surface area contributed by atoms with Crippen LogP contribution in [-0.2, 0) is 14.6 Å². The van der Waals surface area contributed by atoms with Crippen LogP contribution >= 0.6 is 0 Å². The van der Waals surface area contributed by atoms with Crippen molar-refractivity contribution in [1.82, 2.24) is 0 Å². The van der Waals surface area contributed by atoms with Crippen LogP contribution in [0.3, 0.4) is 0 Å². The van der Waals surface area contributed by atoms with Crippen molar-refractivity contribution in [1.29, 1.82) is 0 Å². The summed E-state index contributed by atoms with van der Waals surface area (Å²) in [7, 11) is -2.04. The fourth-order valence-corrected chi connectivity index (χ4v) is 3.06. The van der Waals surface area contributed by atoms with Crippen LogP contribution in [0.2, 0.25) is 0 Å². The summed E-state index contributed by atoms with van der Waals surface area (Å²) >= 11 is 0. The first-order chi connectivity index (χ1) is 8.34. The molecule has 18 heavy (non-hydrogen) atoms. The van der Waals surface area contributed by atoms with Crippen LogP contribution < -0.4 is 0 Å². The zero-order valence-electron chi connectivity index (χ0n) is 10.7. The van der Waals surface area contributed by atoms with Gasteiger partial charge in [0.25, 0.3) is 0 Å². The lowest BCUT2D eigenvalue weighted by atomic mass is 10.0. The standard InChI is InChI=1S/C13H16O4S/c1-8-6-11(9-4-5-9)12(18(3,15)16)7-10(8)13(14)17-2/h6-7,9H,4-5H2,1-3H3. The Kier molecular flexibility index (Phi) is 3.19. The quantitative estimate of drug-likeness (QED) is 0.787. The molecule has 0 aromatic heterocycles. The molecule has 0 saturated heterocycles. The molecule has 0 unspecified atom stereocenters. The smallest absolute Gasteiger partial charge is 0.338 e. The minimum absolute atomic E-state index is 0.260. The van der Waals surface area contributed by atoms with Crippen molar-refractivity contribution in [3.63, 3.8) is 0 Å². The largest absolute Gasteiger partial charge is 0.465 e. The van der Waals surface area contributed by atoms with Crippen LogP contribution in [0.4, 0.5) is 0 Å².